The van der Waals surface area contributed by atoms with Crippen molar-refractivity contribution in [1.82, 2.24) is 14.9 Å². The molecule has 128 valence electrons. The molecule has 0 N–H and O–H groups in total. The second-order valence-corrected chi connectivity index (χ2v) is 6.72. The number of anilines is 1. The first-order chi connectivity index (χ1) is 12.2. The maximum absolute atomic E-state index is 12.8. The Balaban J connectivity index is 1.48. The number of amides is 1. The third-order valence-corrected chi connectivity index (χ3v) is 5.20. The lowest BCUT2D eigenvalue weighted by Gasteiger charge is -2.34. The Kier molecular flexibility index (Phi) is 4.23. The molecule has 0 unspecified atom stereocenters. The molecule has 7 heteroatoms. The third kappa shape index (κ3) is 3.15. The average Bonchev–Trinajstić information content (AvgIpc) is 3.21. The highest BCUT2D eigenvalue weighted by molar-refractivity contribution is 7.13. The van der Waals surface area contributed by atoms with E-state index >= 15 is 0 Å². The van der Waals surface area contributed by atoms with E-state index in [-0.39, 0.29) is 5.91 Å². The number of hydrogen-bond donors (Lipinski definition) is 0. The van der Waals surface area contributed by atoms with E-state index in [1.54, 1.807) is 24.5 Å². The van der Waals surface area contributed by atoms with Crippen LogP contribution < -0.4 is 9.64 Å². The molecule has 1 aliphatic heterocycles. The van der Waals surface area contributed by atoms with Crippen LogP contribution in [0.1, 0.15) is 10.5 Å². The van der Waals surface area contributed by atoms with Crippen molar-refractivity contribution in [2.24, 2.45) is 0 Å². The van der Waals surface area contributed by atoms with Crippen LogP contribution in [-0.4, -0.2) is 54.1 Å². The van der Waals surface area contributed by atoms with E-state index in [1.165, 1.54) is 0 Å². The van der Waals surface area contributed by atoms with Crippen LogP contribution >= 0.6 is 11.3 Å². The van der Waals surface area contributed by atoms with Gasteiger partial charge in [0, 0.05) is 43.1 Å². The van der Waals surface area contributed by atoms with Crippen molar-refractivity contribution in [2.75, 3.05) is 38.2 Å². The van der Waals surface area contributed by atoms with Crippen LogP contribution in [0.2, 0.25) is 0 Å². The number of aromatic nitrogens is 2. The molecular weight excluding hydrogens is 336 g/mol. The number of thiazole rings is 1. The predicted molar refractivity (Wildman–Crippen MR) is 98.5 cm³/mol. The number of ether oxygens (including phenoxy) is 1. The monoisotopic (exact) mass is 354 g/mol. The number of nitrogens with zero attached hydrogens (tertiary/aromatic N) is 4. The van der Waals surface area contributed by atoms with E-state index in [1.807, 2.05) is 40.7 Å². The van der Waals surface area contributed by atoms with Gasteiger partial charge < -0.3 is 14.5 Å². The van der Waals surface area contributed by atoms with Gasteiger partial charge in [0.1, 0.15) is 11.4 Å². The molecule has 2 aromatic heterocycles. The van der Waals surface area contributed by atoms with Gasteiger partial charge in [0.2, 0.25) is 0 Å². The number of carbonyl (C=O) groups excluding carboxylic acids is 1. The zero-order valence-corrected chi connectivity index (χ0v) is 14.7. The summed E-state index contributed by atoms with van der Waals surface area (Å²) in [4.78, 5) is 25.7. The van der Waals surface area contributed by atoms with E-state index in [0.717, 1.165) is 34.9 Å². The molecular formula is C18H18N4O2S. The first kappa shape index (κ1) is 15.8. The fourth-order valence-electron chi connectivity index (χ4n) is 2.98. The maximum Gasteiger partial charge on any atom is 0.272 e. The summed E-state index contributed by atoms with van der Waals surface area (Å²) in [7, 11) is 1.64. The zero-order valence-electron chi connectivity index (χ0n) is 13.9. The minimum Gasteiger partial charge on any atom is -0.497 e. The molecule has 4 rings (SSSR count). The van der Waals surface area contributed by atoms with Crippen molar-refractivity contribution < 1.29 is 9.53 Å². The summed E-state index contributed by atoms with van der Waals surface area (Å²) >= 11 is 1.63. The van der Waals surface area contributed by atoms with Crippen LogP contribution in [-0.2, 0) is 0 Å². The molecule has 1 amide bonds. The highest BCUT2D eigenvalue weighted by Gasteiger charge is 2.24. The van der Waals surface area contributed by atoms with Gasteiger partial charge in [-0.25, -0.2) is 9.97 Å². The van der Waals surface area contributed by atoms with Crippen LogP contribution in [0.15, 0.2) is 41.9 Å². The molecule has 0 radical (unpaired) electrons. The Morgan fingerprint density at radius 3 is 2.72 bits per heavy atom. The summed E-state index contributed by atoms with van der Waals surface area (Å²) < 4.78 is 5.22. The van der Waals surface area contributed by atoms with Crippen molar-refractivity contribution in [2.45, 2.75) is 0 Å². The van der Waals surface area contributed by atoms with E-state index in [4.69, 9.17) is 4.74 Å². The first-order valence-electron chi connectivity index (χ1n) is 8.13. The van der Waals surface area contributed by atoms with E-state index in [0.29, 0.717) is 18.8 Å². The van der Waals surface area contributed by atoms with Gasteiger partial charge in [-0.15, -0.1) is 11.3 Å². The molecule has 0 bridgehead atoms. The minimum atomic E-state index is -0.0171. The number of hydrogen-bond acceptors (Lipinski definition) is 6. The van der Waals surface area contributed by atoms with Gasteiger partial charge in [0.05, 0.1) is 12.6 Å². The predicted octanol–water partition coefficient (Wildman–Crippen LogP) is 2.66. The standard InChI is InChI=1S/C18H18N4O2S/c1-24-14-3-5-15-13(12-14)2-4-16(20-15)17(23)21-7-9-22(10-8-21)18-19-6-11-25-18/h2-6,11-12H,7-10H2,1H3. The van der Waals surface area contributed by atoms with Crippen molar-refractivity contribution in [3.8, 4) is 5.75 Å². The van der Waals surface area contributed by atoms with Crippen LogP contribution in [0.5, 0.6) is 5.75 Å². The van der Waals surface area contributed by atoms with E-state index in [9.17, 15) is 4.79 Å². The quantitative estimate of drug-likeness (QED) is 0.724. The highest BCUT2D eigenvalue weighted by Crippen LogP contribution is 2.22. The van der Waals surface area contributed by atoms with Gasteiger partial charge >= 0.3 is 0 Å². The minimum absolute atomic E-state index is 0.0171. The molecule has 0 spiro atoms. The summed E-state index contributed by atoms with van der Waals surface area (Å²) in [6, 6.07) is 9.37. The normalized spacial score (nSPS) is 14.8. The molecule has 1 fully saturated rings. The molecule has 0 aliphatic carbocycles. The lowest BCUT2D eigenvalue weighted by Crippen LogP contribution is -2.49. The lowest BCUT2D eigenvalue weighted by atomic mass is 10.2. The van der Waals surface area contributed by atoms with Gasteiger partial charge in [-0.05, 0) is 24.3 Å². The van der Waals surface area contributed by atoms with Crippen molar-refractivity contribution in [1.29, 1.82) is 0 Å². The Morgan fingerprint density at radius 2 is 2.00 bits per heavy atom. The topological polar surface area (TPSA) is 58.6 Å². The molecule has 3 heterocycles. The van der Waals surface area contributed by atoms with Gasteiger partial charge in [-0.1, -0.05) is 6.07 Å². The van der Waals surface area contributed by atoms with Gasteiger partial charge in [-0.3, -0.25) is 4.79 Å². The number of methoxy groups -OCH3 is 1. The molecule has 3 aromatic rings. The largest absolute Gasteiger partial charge is 0.497 e. The molecule has 1 saturated heterocycles. The number of benzene rings is 1. The number of fused-ring (bicyclic) bond motifs is 1. The molecule has 1 aromatic carbocycles. The smallest absolute Gasteiger partial charge is 0.272 e. The number of carbonyl (C=O) groups is 1. The fourth-order valence-corrected chi connectivity index (χ4v) is 3.68. The van der Waals surface area contributed by atoms with Gasteiger partial charge in [-0.2, -0.15) is 0 Å². The molecule has 1 aliphatic rings. The second-order valence-electron chi connectivity index (χ2n) is 5.85. The van der Waals surface area contributed by atoms with E-state index in [2.05, 4.69) is 14.9 Å². The second kappa shape index (κ2) is 6.68. The summed E-state index contributed by atoms with van der Waals surface area (Å²) in [5, 5.41) is 3.95. The summed E-state index contributed by atoms with van der Waals surface area (Å²) in [5.41, 5.74) is 1.29. The van der Waals surface area contributed by atoms with Crippen molar-refractivity contribution in [3.05, 3.63) is 47.6 Å². The Morgan fingerprint density at radius 1 is 1.16 bits per heavy atom. The SMILES string of the molecule is COc1ccc2nc(C(=O)N3CCN(c4nccs4)CC3)ccc2c1. The van der Waals surface area contributed by atoms with E-state index < -0.39 is 0 Å². The zero-order chi connectivity index (χ0) is 17.2. The first-order valence-corrected chi connectivity index (χ1v) is 9.01. The number of pyridine rings is 1. The lowest BCUT2D eigenvalue weighted by molar-refractivity contribution is 0.0741. The van der Waals surface area contributed by atoms with Crippen molar-refractivity contribution >= 4 is 33.3 Å². The molecule has 25 heavy (non-hydrogen) atoms. The van der Waals surface area contributed by atoms with Crippen molar-refractivity contribution in [3.63, 3.8) is 0 Å². The van der Waals surface area contributed by atoms with Crippen LogP contribution in [0.3, 0.4) is 0 Å². The highest BCUT2D eigenvalue weighted by atomic mass is 32.1. The van der Waals surface area contributed by atoms with Crippen LogP contribution in [0.25, 0.3) is 10.9 Å². The molecule has 6 nitrogen and oxygen atoms in total. The maximum atomic E-state index is 12.8. The Labute approximate surface area is 149 Å². The Bertz CT molecular complexity index is 889. The third-order valence-electron chi connectivity index (χ3n) is 4.37. The van der Waals surface area contributed by atoms with Gasteiger partial charge in [0.25, 0.3) is 5.91 Å². The fraction of sp³-hybridized carbons (Fsp3) is 0.278. The molecule has 0 atom stereocenters. The summed E-state index contributed by atoms with van der Waals surface area (Å²) in [5.74, 6) is 0.767. The Hall–Kier alpha value is -2.67. The van der Waals surface area contributed by atoms with Crippen LogP contribution in [0.4, 0.5) is 5.13 Å². The molecule has 0 saturated carbocycles. The number of rotatable bonds is 3. The van der Waals surface area contributed by atoms with Crippen LogP contribution in [0, 0.1) is 0 Å². The summed E-state index contributed by atoms with van der Waals surface area (Å²) in [6.07, 6.45) is 1.81. The summed E-state index contributed by atoms with van der Waals surface area (Å²) in [6.45, 7) is 2.95. The average molecular weight is 354 g/mol. The van der Waals surface area contributed by atoms with Gasteiger partial charge in [0.15, 0.2) is 5.13 Å². The number of piperazine rings is 1.